The molecule has 3 rings (SSSR count). The summed E-state index contributed by atoms with van der Waals surface area (Å²) in [6.07, 6.45) is 7.36. The highest BCUT2D eigenvalue weighted by molar-refractivity contribution is 9.10. The first-order chi connectivity index (χ1) is 12.5. The smallest absolute Gasteiger partial charge is 0.339 e. The molecule has 1 aromatic heterocycles. The molecule has 8 heteroatoms. The van der Waals surface area contributed by atoms with Crippen LogP contribution in [-0.4, -0.2) is 28.8 Å². The van der Waals surface area contributed by atoms with Gasteiger partial charge < -0.3 is 15.8 Å². The zero-order valence-corrected chi connectivity index (χ0v) is 16.1. The number of halogens is 1. The van der Waals surface area contributed by atoms with E-state index in [1.807, 2.05) is 4.68 Å². The van der Waals surface area contributed by atoms with Crippen molar-refractivity contribution >= 4 is 39.3 Å². The van der Waals surface area contributed by atoms with Gasteiger partial charge in [-0.25, -0.2) is 4.79 Å². The van der Waals surface area contributed by atoms with Crippen molar-refractivity contribution in [2.45, 2.75) is 38.1 Å². The lowest BCUT2D eigenvalue weighted by molar-refractivity contribution is 0.0599. The Balaban J connectivity index is 1.90. The molecule has 1 heterocycles. The number of primary amides is 1. The topological polar surface area (TPSA) is 99.2 Å². The maximum absolute atomic E-state index is 11.9. The number of benzene rings is 1. The van der Waals surface area contributed by atoms with E-state index in [0.29, 0.717) is 27.1 Å². The number of anilines is 2. The second-order valence-corrected chi connectivity index (χ2v) is 7.19. The molecule has 0 radical (unpaired) electrons. The standard InChI is InChI=1S/C18H21BrN4O3/c1-26-18(25)13-9-11(7-8-15(13)19)21-17-14(16(20)24)10-23(22-17)12-5-3-2-4-6-12/h7-10,12H,2-6H2,1H3,(H2,20,24)(H,21,22). The van der Waals surface area contributed by atoms with Crippen molar-refractivity contribution in [1.29, 1.82) is 0 Å². The Bertz CT molecular complexity index is 828. The van der Waals surface area contributed by atoms with Gasteiger partial charge in [0.05, 0.1) is 18.7 Å². The van der Waals surface area contributed by atoms with Crippen molar-refractivity contribution in [2.24, 2.45) is 5.73 Å². The number of nitrogens with one attached hydrogen (secondary N) is 1. The molecule has 1 fully saturated rings. The Morgan fingerprint density at radius 3 is 2.65 bits per heavy atom. The van der Waals surface area contributed by atoms with Crippen LogP contribution in [0.3, 0.4) is 0 Å². The van der Waals surface area contributed by atoms with Gasteiger partial charge in [-0.2, -0.15) is 5.10 Å². The number of rotatable bonds is 5. The van der Waals surface area contributed by atoms with E-state index in [9.17, 15) is 9.59 Å². The van der Waals surface area contributed by atoms with Crippen LogP contribution in [0.2, 0.25) is 0 Å². The van der Waals surface area contributed by atoms with Crippen LogP contribution in [0, 0.1) is 0 Å². The fourth-order valence-corrected chi connectivity index (χ4v) is 3.61. The molecule has 0 saturated heterocycles. The number of nitrogens with two attached hydrogens (primary N) is 1. The molecule has 0 atom stereocenters. The third-order valence-electron chi connectivity index (χ3n) is 4.58. The molecule has 0 bridgehead atoms. The van der Waals surface area contributed by atoms with Gasteiger partial charge in [0.25, 0.3) is 5.91 Å². The molecule has 1 aliphatic carbocycles. The minimum atomic E-state index is -0.542. The largest absolute Gasteiger partial charge is 0.465 e. The fourth-order valence-electron chi connectivity index (χ4n) is 3.20. The number of amides is 1. The van der Waals surface area contributed by atoms with Gasteiger partial charge in [-0.15, -0.1) is 0 Å². The molecule has 26 heavy (non-hydrogen) atoms. The third kappa shape index (κ3) is 3.90. The highest BCUT2D eigenvalue weighted by Crippen LogP contribution is 2.30. The summed E-state index contributed by atoms with van der Waals surface area (Å²) in [5, 5.41) is 7.64. The lowest BCUT2D eigenvalue weighted by Crippen LogP contribution is -2.14. The summed E-state index contributed by atoms with van der Waals surface area (Å²) in [6, 6.07) is 5.44. The molecule has 138 valence electrons. The minimum Gasteiger partial charge on any atom is -0.465 e. The van der Waals surface area contributed by atoms with Crippen molar-refractivity contribution in [3.8, 4) is 0 Å². The summed E-state index contributed by atoms with van der Waals surface area (Å²) in [5.41, 5.74) is 6.85. The number of carbonyl (C=O) groups excluding carboxylic acids is 2. The van der Waals surface area contributed by atoms with Crippen molar-refractivity contribution in [3.05, 3.63) is 40.0 Å². The van der Waals surface area contributed by atoms with Crippen LogP contribution in [0.4, 0.5) is 11.5 Å². The van der Waals surface area contributed by atoms with E-state index in [2.05, 4.69) is 26.3 Å². The van der Waals surface area contributed by atoms with Crippen LogP contribution in [-0.2, 0) is 4.74 Å². The van der Waals surface area contributed by atoms with Crippen molar-refractivity contribution in [2.75, 3.05) is 12.4 Å². The number of hydrogen-bond acceptors (Lipinski definition) is 5. The molecule has 1 saturated carbocycles. The SMILES string of the molecule is COC(=O)c1cc(Nc2nn(C3CCCCC3)cc2C(N)=O)ccc1Br. The summed E-state index contributed by atoms with van der Waals surface area (Å²) in [4.78, 5) is 23.7. The van der Waals surface area contributed by atoms with E-state index in [1.165, 1.54) is 13.5 Å². The van der Waals surface area contributed by atoms with Gasteiger partial charge in [-0.3, -0.25) is 9.48 Å². The molecule has 3 N–H and O–H groups in total. The van der Waals surface area contributed by atoms with Gasteiger partial charge in [0.2, 0.25) is 0 Å². The minimum absolute atomic E-state index is 0.285. The summed E-state index contributed by atoms with van der Waals surface area (Å²) in [7, 11) is 1.33. The van der Waals surface area contributed by atoms with E-state index < -0.39 is 11.9 Å². The lowest BCUT2D eigenvalue weighted by Gasteiger charge is -2.21. The van der Waals surface area contributed by atoms with E-state index >= 15 is 0 Å². The van der Waals surface area contributed by atoms with Gasteiger partial charge in [-0.1, -0.05) is 19.3 Å². The number of aromatic nitrogens is 2. The molecule has 7 nitrogen and oxygen atoms in total. The first-order valence-corrected chi connectivity index (χ1v) is 9.32. The lowest BCUT2D eigenvalue weighted by atomic mass is 9.96. The number of esters is 1. The Labute approximate surface area is 160 Å². The normalized spacial score (nSPS) is 14.8. The van der Waals surface area contributed by atoms with E-state index in [-0.39, 0.29) is 6.04 Å². The Morgan fingerprint density at radius 2 is 2.00 bits per heavy atom. The van der Waals surface area contributed by atoms with Gasteiger partial charge in [0.1, 0.15) is 5.56 Å². The number of nitrogens with zero attached hydrogens (tertiary/aromatic N) is 2. The van der Waals surface area contributed by atoms with Crippen LogP contribution in [0.15, 0.2) is 28.9 Å². The van der Waals surface area contributed by atoms with Crippen LogP contribution < -0.4 is 11.1 Å². The molecular weight excluding hydrogens is 400 g/mol. The Hall–Kier alpha value is -2.35. The first kappa shape index (κ1) is 18.4. The monoisotopic (exact) mass is 420 g/mol. The predicted molar refractivity (Wildman–Crippen MR) is 102 cm³/mol. The third-order valence-corrected chi connectivity index (χ3v) is 5.27. The molecule has 2 aromatic rings. The van der Waals surface area contributed by atoms with Crippen LogP contribution in [0.1, 0.15) is 58.9 Å². The quantitative estimate of drug-likeness (QED) is 0.716. The van der Waals surface area contributed by atoms with Gasteiger partial charge >= 0.3 is 5.97 Å². The number of methoxy groups -OCH3 is 1. The zero-order valence-electron chi connectivity index (χ0n) is 14.5. The summed E-state index contributed by atoms with van der Waals surface area (Å²) < 4.78 is 7.24. The molecular formula is C18H21BrN4O3. The van der Waals surface area contributed by atoms with E-state index in [0.717, 1.165) is 25.7 Å². The molecule has 0 aliphatic heterocycles. The van der Waals surface area contributed by atoms with E-state index in [1.54, 1.807) is 24.4 Å². The maximum Gasteiger partial charge on any atom is 0.339 e. The van der Waals surface area contributed by atoms with Crippen molar-refractivity contribution in [1.82, 2.24) is 9.78 Å². The van der Waals surface area contributed by atoms with Crippen LogP contribution in [0.5, 0.6) is 0 Å². The molecule has 1 aliphatic rings. The first-order valence-electron chi connectivity index (χ1n) is 8.53. The van der Waals surface area contributed by atoms with Crippen molar-refractivity contribution < 1.29 is 14.3 Å². The predicted octanol–water partition coefficient (Wildman–Crippen LogP) is 3.78. The van der Waals surface area contributed by atoms with Crippen molar-refractivity contribution in [3.63, 3.8) is 0 Å². The molecule has 1 aromatic carbocycles. The fraction of sp³-hybridized carbons (Fsp3) is 0.389. The summed E-state index contributed by atoms with van der Waals surface area (Å²) >= 11 is 3.33. The highest BCUT2D eigenvalue weighted by Gasteiger charge is 2.21. The molecule has 0 spiro atoms. The molecule has 0 unspecified atom stereocenters. The van der Waals surface area contributed by atoms with E-state index in [4.69, 9.17) is 10.5 Å². The number of carbonyl (C=O) groups is 2. The van der Waals surface area contributed by atoms with Crippen LogP contribution in [0.25, 0.3) is 0 Å². The average Bonchev–Trinajstić information content (AvgIpc) is 3.07. The Kier molecular flexibility index (Phi) is 5.61. The molecule has 1 amide bonds. The average molecular weight is 421 g/mol. The number of ether oxygens (including phenoxy) is 1. The van der Waals surface area contributed by atoms with Gasteiger partial charge in [-0.05, 0) is 47.0 Å². The van der Waals surface area contributed by atoms with Gasteiger partial charge in [0, 0.05) is 16.4 Å². The zero-order chi connectivity index (χ0) is 18.7. The maximum atomic E-state index is 11.9. The van der Waals surface area contributed by atoms with Gasteiger partial charge in [0.15, 0.2) is 5.82 Å². The second kappa shape index (κ2) is 7.90. The second-order valence-electron chi connectivity index (χ2n) is 6.34. The highest BCUT2D eigenvalue weighted by atomic mass is 79.9. The summed E-state index contributed by atoms with van der Waals surface area (Å²) in [5.74, 6) is -0.607. The van der Waals surface area contributed by atoms with Crippen LogP contribution >= 0.6 is 15.9 Å². The number of hydrogen-bond donors (Lipinski definition) is 2. The summed E-state index contributed by atoms with van der Waals surface area (Å²) in [6.45, 7) is 0. The Morgan fingerprint density at radius 1 is 1.27 bits per heavy atom.